The third kappa shape index (κ3) is 3.54. The fraction of sp³-hybridized carbons (Fsp3) is 0.167. The number of thiazole rings is 1. The second kappa shape index (κ2) is 5.97. The molecule has 1 heterocycles. The summed E-state index contributed by atoms with van der Waals surface area (Å²) in [6.07, 6.45) is 2.51. The van der Waals surface area contributed by atoms with E-state index in [1.165, 1.54) is 11.3 Å². The maximum Gasteiger partial charge on any atom is 0.335 e. The van der Waals surface area contributed by atoms with Gasteiger partial charge >= 0.3 is 5.97 Å². The van der Waals surface area contributed by atoms with Gasteiger partial charge in [-0.15, -0.1) is 0 Å². The molecule has 0 aliphatic rings. The van der Waals surface area contributed by atoms with Gasteiger partial charge in [0.05, 0.1) is 15.5 Å². The first kappa shape index (κ1) is 13.0. The summed E-state index contributed by atoms with van der Waals surface area (Å²) in [6, 6.07) is 6.98. The Morgan fingerprint density at radius 1 is 1.50 bits per heavy atom. The summed E-state index contributed by atoms with van der Waals surface area (Å²) in [5.41, 5.74) is 1.32. The standard InChI is InChI=1S/C12H11BrN2O2S/c13-10-7-15-12(18-10)14-5-4-8-2-1-3-9(6-8)11(16)17/h1-3,6-7H,4-5H2,(H,14,15)(H,16,17). The van der Waals surface area contributed by atoms with Gasteiger partial charge in [-0.05, 0) is 40.0 Å². The number of nitrogens with zero attached hydrogens (tertiary/aromatic N) is 1. The molecule has 0 saturated carbocycles. The van der Waals surface area contributed by atoms with Crippen LogP contribution in [0.3, 0.4) is 0 Å². The molecule has 0 atom stereocenters. The van der Waals surface area contributed by atoms with Crippen molar-refractivity contribution in [3.63, 3.8) is 0 Å². The van der Waals surface area contributed by atoms with Crippen LogP contribution in [-0.2, 0) is 6.42 Å². The molecule has 0 unspecified atom stereocenters. The van der Waals surface area contributed by atoms with E-state index in [0.717, 1.165) is 27.4 Å². The van der Waals surface area contributed by atoms with Crippen molar-refractivity contribution >= 4 is 38.4 Å². The summed E-state index contributed by atoms with van der Waals surface area (Å²) in [6.45, 7) is 0.725. The number of halogens is 1. The van der Waals surface area contributed by atoms with Crippen molar-refractivity contribution in [2.24, 2.45) is 0 Å². The Bertz CT molecular complexity index is 557. The van der Waals surface area contributed by atoms with Gasteiger partial charge in [-0.25, -0.2) is 9.78 Å². The Balaban J connectivity index is 1.90. The molecule has 0 spiro atoms. The molecule has 1 aromatic heterocycles. The monoisotopic (exact) mass is 326 g/mol. The van der Waals surface area contributed by atoms with E-state index in [9.17, 15) is 4.79 Å². The summed E-state index contributed by atoms with van der Waals surface area (Å²) in [5.74, 6) is -0.895. The summed E-state index contributed by atoms with van der Waals surface area (Å²) < 4.78 is 0.984. The quantitative estimate of drug-likeness (QED) is 0.885. The average molecular weight is 327 g/mol. The molecule has 2 N–H and O–H groups in total. The molecule has 94 valence electrons. The first-order valence-corrected chi connectivity index (χ1v) is 6.93. The lowest BCUT2D eigenvalue weighted by Gasteiger charge is -2.04. The highest BCUT2D eigenvalue weighted by atomic mass is 79.9. The number of carbonyl (C=O) groups is 1. The van der Waals surface area contributed by atoms with Gasteiger partial charge in [0.25, 0.3) is 0 Å². The van der Waals surface area contributed by atoms with Gasteiger partial charge < -0.3 is 10.4 Å². The highest BCUT2D eigenvalue weighted by molar-refractivity contribution is 9.11. The molecule has 0 bridgehead atoms. The number of hydrogen-bond acceptors (Lipinski definition) is 4. The Hall–Kier alpha value is -1.40. The lowest BCUT2D eigenvalue weighted by molar-refractivity contribution is 0.0697. The molecule has 0 amide bonds. The molecule has 18 heavy (non-hydrogen) atoms. The smallest absolute Gasteiger partial charge is 0.335 e. The second-order valence-electron chi connectivity index (χ2n) is 3.65. The van der Waals surface area contributed by atoms with Gasteiger partial charge in [-0.1, -0.05) is 23.5 Å². The van der Waals surface area contributed by atoms with E-state index in [1.807, 2.05) is 6.07 Å². The molecule has 0 aliphatic heterocycles. The maximum atomic E-state index is 10.8. The molecule has 4 nitrogen and oxygen atoms in total. The van der Waals surface area contributed by atoms with Crippen molar-refractivity contribution in [2.45, 2.75) is 6.42 Å². The molecular formula is C12H11BrN2O2S. The summed E-state index contributed by atoms with van der Waals surface area (Å²) >= 11 is 4.88. The number of aromatic nitrogens is 1. The fourth-order valence-corrected chi connectivity index (χ4v) is 2.64. The first-order chi connectivity index (χ1) is 8.65. The molecule has 2 rings (SSSR count). The summed E-state index contributed by atoms with van der Waals surface area (Å²) in [5, 5.41) is 12.9. The van der Waals surface area contributed by atoms with Gasteiger partial charge in [0.2, 0.25) is 0 Å². The molecule has 0 fully saturated rings. The van der Waals surface area contributed by atoms with Crippen molar-refractivity contribution in [2.75, 3.05) is 11.9 Å². The minimum absolute atomic E-state index is 0.324. The SMILES string of the molecule is O=C(O)c1cccc(CCNc2ncc(Br)s2)c1. The largest absolute Gasteiger partial charge is 0.478 e. The molecular weight excluding hydrogens is 316 g/mol. The van der Waals surface area contributed by atoms with Crippen LogP contribution in [0.25, 0.3) is 0 Å². The van der Waals surface area contributed by atoms with Gasteiger partial charge in [-0.2, -0.15) is 0 Å². The van der Waals surface area contributed by atoms with E-state index in [2.05, 4.69) is 26.2 Å². The van der Waals surface area contributed by atoms with E-state index < -0.39 is 5.97 Å². The first-order valence-electron chi connectivity index (χ1n) is 5.32. The maximum absolute atomic E-state index is 10.8. The van der Waals surface area contributed by atoms with E-state index in [4.69, 9.17) is 5.11 Å². The summed E-state index contributed by atoms with van der Waals surface area (Å²) in [7, 11) is 0. The molecule has 1 aromatic carbocycles. The molecule has 6 heteroatoms. The lowest BCUT2D eigenvalue weighted by Crippen LogP contribution is -2.05. The fourth-order valence-electron chi connectivity index (χ4n) is 1.51. The van der Waals surface area contributed by atoms with Crippen LogP contribution in [0.5, 0.6) is 0 Å². The molecule has 0 radical (unpaired) electrons. The third-order valence-electron chi connectivity index (χ3n) is 2.34. The number of nitrogens with one attached hydrogen (secondary N) is 1. The van der Waals surface area contributed by atoms with Gasteiger partial charge in [0.15, 0.2) is 5.13 Å². The van der Waals surface area contributed by atoms with Crippen molar-refractivity contribution in [1.29, 1.82) is 0 Å². The van der Waals surface area contributed by atoms with Gasteiger partial charge in [0.1, 0.15) is 0 Å². The normalized spacial score (nSPS) is 10.3. The lowest BCUT2D eigenvalue weighted by atomic mass is 10.1. The van der Waals surface area contributed by atoms with E-state index >= 15 is 0 Å². The number of carboxylic acids is 1. The van der Waals surface area contributed by atoms with Crippen molar-refractivity contribution in [3.05, 3.63) is 45.4 Å². The number of benzene rings is 1. The second-order valence-corrected chi connectivity index (χ2v) is 6.06. The minimum atomic E-state index is -0.895. The Kier molecular flexibility index (Phi) is 4.33. The van der Waals surface area contributed by atoms with Crippen LogP contribution in [0.1, 0.15) is 15.9 Å². The molecule has 0 saturated heterocycles. The van der Waals surface area contributed by atoms with Crippen LogP contribution in [0.15, 0.2) is 34.2 Å². The van der Waals surface area contributed by atoms with Crippen molar-refractivity contribution in [3.8, 4) is 0 Å². The topological polar surface area (TPSA) is 62.2 Å². The zero-order valence-electron chi connectivity index (χ0n) is 9.39. The van der Waals surface area contributed by atoms with Crippen LogP contribution in [0.2, 0.25) is 0 Å². The Labute approximate surface area is 117 Å². The van der Waals surface area contributed by atoms with Crippen LogP contribution in [0, 0.1) is 0 Å². The van der Waals surface area contributed by atoms with Crippen LogP contribution in [-0.4, -0.2) is 22.6 Å². The van der Waals surface area contributed by atoms with Crippen molar-refractivity contribution < 1.29 is 9.90 Å². The Morgan fingerprint density at radius 3 is 3.00 bits per heavy atom. The van der Waals surface area contributed by atoms with Crippen LogP contribution in [0.4, 0.5) is 5.13 Å². The van der Waals surface area contributed by atoms with Crippen molar-refractivity contribution in [1.82, 2.24) is 4.98 Å². The van der Waals surface area contributed by atoms with E-state index in [0.29, 0.717) is 5.56 Å². The number of carboxylic acid groups (broad SMARTS) is 1. The van der Waals surface area contributed by atoms with Crippen LogP contribution >= 0.6 is 27.3 Å². The zero-order chi connectivity index (χ0) is 13.0. The summed E-state index contributed by atoms with van der Waals surface area (Å²) in [4.78, 5) is 15.0. The number of aromatic carboxylic acids is 1. The van der Waals surface area contributed by atoms with Gasteiger partial charge in [-0.3, -0.25) is 0 Å². The third-order valence-corrected chi connectivity index (χ3v) is 3.78. The molecule has 2 aromatic rings. The highest BCUT2D eigenvalue weighted by Gasteiger charge is 2.03. The number of hydrogen-bond donors (Lipinski definition) is 2. The molecule has 0 aliphatic carbocycles. The predicted octanol–water partition coefficient (Wildman–Crippen LogP) is 3.26. The average Bonchev–Trinajstić information content (AvgIpc) is 2.75. The predicted molar refractivity (Wildman–Crippen MR) is 75.4 cm³/mol. The van der Waals surface area contributed by atoms with Gasteiger partial charge in [0, 0.05) is 6.54 Å². The van der Waals surface area contributed by atoms with Crippen LogP contribution < -0.4 is 5.32 Å². The highest BCUT2D eigenvalue weighted by Crippen LogP contribution is 2.22. The Morgan fingerprint density at radius 2 is 2.33 bits per heavy atom. The number of anilines is 1. The zero-order valence-corrected chi connectivity index (χ0v) is 11.8. The number of rotatable bonds is 5. The van der Waals surface area contributed by atoms with E-state index in [-0.39, 0.29) is 0 Å². The van der Waals surface area contributed by atoms with E-state index in [1.54, 1.807) is 24.4 Å². The minimum Gasteiger partial charge on any atom is -0.478 e.